The van der Waals surface area contributed by atoms with Gasteiger partial charge in [-0.25, -0.2) is 0 Å². The Balaban J connectivity index is 2.08. The third kappa shape index (κ3) is 5.66. The van der Waals surface area contributed by atoms with Gasteiger partial charge in [0.25, 0.3) is 0 Å². The van der Waals surface area contributed by atoms with Crippen LogP contribution in [0.25, 0.3) is 0 Å². The zero-order valence-corrected chi connectivity index (χ0v) is 11.4. The predicted molar refractivity (Wildman–Crippen MR) is 54.6 cm³/mol. The molecule has 0 saturated carbocycles. The zero-order chi connectivity index (χ0) is 10.4. The molecule has 0 heterocycles. The quantitative estimate of drug-likeness (QED) is 0.569. The van der Waals surface area contributed by atoms with Crippen LogP contribution in [0.3, 0.4) is 0 Å². The van der Waals surface area contributed by atoms with Gasteiger partial charge in [-0.05, 0) is 0 Å². The van der Waals surface area contributed by atoms with Crippen LogP contribution in [0, 0.1) is 0 Å². The van der Waals surface area contributed by atoms with Crippen molar-refractivity contribution >= 4 is 0 Å². The van der Waals surface area contributed by atoms with E-state index in [1.807, 2.05) is 0 Å². The third-order valence-electron chi connectivity index (χ3n) is 1.76. The SMILES string of the molecule is CC(C)(C)[N]=[Nb][O]CCC1=CC=CC1. The molecule has 78 valence electrons. The molecule has 0 aromatic carbocycles. The minimum absolute atomic E-state index is 0.0887. The Bertz CT molecular complexity index is 261. The van der Waals surface area contributed by atoms with E-state index in [2.05, 4.69) is 42.3 Å². The number of hydrogen-bond donors (Lipinski definition) is 0. The average molecular weight is 273 g/mol. The molecule has 0 aliphatic heterocycles. The molecule has 3 heteroatoms. The first-order chi connectivity index (χ1) is 6.58. The van der Waals surface area contributed by atoms with Crippen LogP contribution in [0.15, 0.2) is 27.1 Å². The van der Waals surface area contributed by atoms with Crippen LogP contribution in [-0.2, 0) is 23.2 Å². The van der Waals surface area contributed by atoms with E-state index in [-0.39, 0.29) is 5.54 Å². The van der Waals surface area contributed by atoms with Crippen molar-refractivity contribution in [2.45, 2.75) is 39.2 Å². The molecule has 0 saturated heterocycles. The Kier molecular flexibility index (Phi) is 4.96. The minimum atomic E-state index is -0.747. The average Bonchev–Trinajstić information content (AvgIpc) is 2.54. The summed E-state index contributed by atoms with van der Waals surface area (Å²) in [6.07, 6.45) is 8.68. The number of nitrogens with zero attached hydrogens (tertiary/aromatic N) is 1. The first-order valence-corrected chi connectivity index (χ1v) is 6.85. The Morgan fingerprint density at radius 2 is 2.29 bits per heavy atom. The molecule has 0 radical (unpaired) electrons. The topological polar surface area (TPSA) is 21.6 Å². The first kappa shape index (κ1) is 12.1. The maximum absolute atomic E-state index is 5.59. The number of rotatable bonds is 4. The summed E-state index contributed by atoms with van der Waals surface area (Å²) in [6.45, 7) is 7.21. The van der Waals surface area contributed by atoms with Crippen molar-refractivity contribution in [3.63, 3.8) is 0 Å². The van der Waals surface area contributed by atoms with Gasteiger partial charge in [-0.3, -0.25) is 0 Å². The summed E-state index contributed by atoms with van der Waals surface area (Å²) in [6, 6.07) is 0. The van der Waals surface area contributed by atoms with Gasteiger partial charge in [0.2, 0.25) is 0 Å². The van der Waals surface area contributed by atoms with Gasteiger partial charge in [0.15, 0.2) is 0 Å². The van der Waals surface area contributed by atoms with Crippen LogP contribution >= 0.6 is 0 Å². The van der Waals surface area contributed by atoms with Gasteiger partial charge in [0.05, 0.1) is 0 Å². The van der Waals surface area contributed by atoms with Crippen LogP contribution < -0.4 is 0 Å². The molecule has 0 bridgehead atoms. The Morgan fingerprint density at radius 1 is 1.50 bits per heavy atom. The Hall–Kier alpha value is -0.0197. The summed E-state index contributed by atoms with van der Waals surface area (Å²) in [5, 5.41) is 0. The molecule has 14 heavy (non-hydrogen) atoms. The Labute approximate surface area is 96.1 Å². The molecule has 1 rings (SSSR count). The molecule has 0 atom stereocenters. The van der Waals surface area contributed by atoms with E-state index in [0.29, 0.717) is 0 Å². The molecule has 0 aromatic rings. The second kappa shape index (κ2) is 5.76. The van der Waals surface area contributed by atoms with Crippen LogP contribution in [-0.4, -0.2) is 12.1 Å². The van der Waals surface area contributed by atoms with Gasteiger partial charge >= 0.3 is 96.1 Å². The molecule has 2 nitrogen and oxygen atoms in total. The van der Waals surface area contributed by atoms with Crippen LogP contribution in [0.2, 0.25) is 0 Å². The molecular weight excluding hydrogens is 255 g/mol. The molecule has 0 N–H and O–H groups in total. The molecule has 0 aromatic heterocycles. The number of hydrogen-bond acceptors (Lipinski definition) is 2. The summed E-state index contributed by atoms with van der Waals surface area (Å²) in [4.78, 5) is 0. The van der Waals surface area contributed by atoms with Crippen LogP contribution in [0.5, 0.6) is 0 Å². The molecule has 1 aliphatic rings. The third-order valence-corrected chi connectivity index (χ3v) is 4.17. The summed E-state index contributed by atoms with van der Waals surface area (Å²) < 4.78 is 10.1. The van der Waals surface area contributed by atoms with Gasteiger partial charge in [0, 0.05) is 0 Å². The second-order valence-corrected chi connectivity index (χ2v) is 5.92. The summed E-state index contributed by atoms with van der Waals surface area (Å²) in [5.41, 5.74) is 1.57. The van der Waals surface area contributed by atoms with Gasteiger partial charge in [0.1, 0.15) is 0 Å². The summed E-state index contributed by atoms with van der Waals surface area (Å²) >= 11 is -0.747. The van der Waals surface area contributed by atoms with Gasteiger partial charge in [-0.15, -0.1) is 0 Å². The van der Waals surface area contributed by atoms with E-state index in [4.69, 9.17) is 3.24 Å². The fourth-order valence-corrected chi connectivity index (χ4v) is 2.21. The second-order valence-electron chi connectivity index (χ2n) is 4.39. The van der Waals surface area contributed by atoms with Gasteiger partial charge in [-0.2, -0.15) is 0 Å². The zero-order valence-electron chi connectivity index (χ0n) is 9.16. The van der Waals surface area contributed by atoms with Gasteiger partial charge < -0.3 is 0 Å². The first-order valence-electron chi connectivity index (χ1n) is 4.97. The number of allylic oxidation sites excluding steroid dienone is 3. The van der Waals surface area contributed by atoms with Crippen molar-refractivity contribution in [3.05, 3.63) is 23.8 Å². The Morgan fingerprint density at radius 3 is 2.86 bits per heavy atom. The van der Waals surface area contributed by atoms with Crippen molar-refractivity contribution in [2.75, 3.05) is 6.61 Å². The summed E-state index contributed by atoms with van der Waals surface area (Å²) in [7, 11) is 0. The van der Waals surface area contributed by atoms with Crippen LogP contribution in [0.1, 0.15) is 33.6 Å². The predicted octanol–water partition coefficient (Wildman–Crippen LogP) is 3.26. The standard InChI is InChI=1S/C7H9O.C4H9N.Nb/c8-6-5-7-3-1-2-4-7;1-4(2,3)5;/h1-3H,4-6H2;1-3H3;/q-1;;+1. The fraction of sp³-hybridized carbons (Fsp3) is 0.636. The van der Waals surface area contributed by atoms with Crippen molar-refractivity contribution in [2.24, 2.45) is 3.34 Å². The molecule has 0 amide bonds. The van der Waals surface area contributed by atoms with E-state index < -0.39 is 20.0 Å². The van der Waals surface area contributed by atoms with Gasteiger partial charge in [-0.1, -0.05) is 0 Å². The van der Waals surface area contributed by atoms with Crippen molar-refractivity contribution in [1.29, 1.82) is 0 Å². The van der Waals surface area contributed by atoms with E-state index in [9.17, 15) is 0 Å². The normalized spacial score (nSPS) is 16.6. The van der Waals surface area contributed by atoms with Crippen molar-refractivity contribution in [1.82, 2.24) is 0 Å². The molecule has 0 spiro atoms. The molecule has 1 aliphatic carbocycles. The molecule has 0 unspecified atom stereocenters. The monoisotopic (exact) mass is 273 g/mol. The maximum atomic E-state index is 5.59. The van der Waals surface area contributed by atoms with Crippen molar-refractivity contribution < 1.29 is 23.2 Å². The van der Waals surface area contributed by atoms with E-state index >= 15 is 0 Å². The summed E-state index contributed by atoms with van der Waals surface area (Å²) in [5.74, 6) is 0. The molecular formula is C11H18NNbO. The fourth-order valence-electron chi connectivity index (χ4n) is 1.05. The molecule has 0 fully saturated rings. The van der Waals surface area contributed by atoms with Crippen LogP contribution in [0.4, 0.5) is 0 Å². The van der Waals surface area contributed by atoms with E-state index in [1.54, 1.807) is 0 Å². The van der Waals surface area contributed by atoms with Crippen molar-refractivity contribution in [3.8, 4) is 0 Å². The van der Waals surface area contributed by atoms with E-state index in [1.165, 1.54) is 5.57 Å². The van der Waals surface area contributed by atoms with E-state index in [0.717, 1.165) is 19.4 Å².